The Hall–Kier alpha value is -4.10. The average molecular weight is 409 g/mol. The second-order valence-electron chi connectivity index (χ2n) is 8.67. The lowest BCUT2D eigenvalue weighted by Crippen LogP contribution is -2.25. The van der Waals surface area contributed by atoms with E-state index in [2.05, 4.69) is 97.1 Å². The molecule has 0 unspecified atom stereocenters. The minimum Gasteiger partial charge on any atom is -0.508 e. The van der Waals surface area contributed by atoms with Crippen molar-refractivity contribution >= 4 is 0 Å². The first-order valence-corrected chi connectivity index (χ1v) is 11.0. The van der Waals surface area contributed by atoms with E-state index in [1.54, 1.807) is 6.07 Å². The van der Waals surface area contributed by atoms with Gasteiger partial charge in [0.25, 0.3) is 0 Å². The highest BCUT2D eigenvalue weighted by molar-refractivity contribution is 5.99. The predicted octanol–water partition coefficient (Wildman–Crippen LogP) is 7.40. The fourth-order valence-corrected chi connectivity index (χ4v) is 6.06. The van der Waals surface area contributed by atoms with Gasteiger partial charge in [0.2, 0.25) is 0 Å². The van der Waals surface area contributed by atoms with Crippen molar-refractivity contribution in [3.63, 3.8) is 0 Å². The van der Waals surface area contributed by atoms with Crippen LogP contribution >= 0.6 is 0 Å². The van der Waals surface area contributed by atoms with E-state index in [1.807, 2.05) is 12.1 Å². The molecule has 1 heteroatoms. The molecule has 2 aliphatic carbocycles. The van der Waals surface area contributed by atoms with Crippen LogP contribution in [0.2, 0.25) is 0 Å². The first kappa shape index (κ1) is 17.6. The quantitative estimate of drug-likeness (QED) is 0.300. The Morgan fingerprint density at radius 3 is 1.59 bits per heavy atom. The van der Waals surface area contributed by atoms with Crippen LogP contribution in [0.3, 0.4) is 0 Å². The minimum absolute atomic E-state index is 0.289. The summed E-state index contributed by atoms with van der Waals surface area (Å²) in [7, 11) is 0. The third-order valence-electron chi connectivity index (χ3n) is 7.18. The summed E-state index contributed by atoms with van der Waals surface area (Å²) in [5.41, 5.74) is 12.4. The highest BCUT2D eigenvalue weighted by atomic mass is 16.3. The molecule has 32 heavy (non-hydrogen) atoms. The molecule has 150 valence electrons. The number of phenols is 1. The van der Waals surface area contributed by atoms with E-state index in [1.165, 1.54) is 44.5 Å². The Morgan fingerprint density at radius 1 is 0.438 bits per heavy atom. The van der Waals surface area contributed by atoms with E-state index < -0.39 is 0 Å². The number of rotatable bonds is 1. The molecule has 5 aromatic carbocycles. The van der Waals surface area contributed by atoms with Gasteiger partial charge in [-0.3, -0.25) is 0 Å². The van der Waals surface area contributed by atoms with Crippen molar-refractivity contribution in [2.24, 2.45) is 0 Å². The number of phenolic OH excluding ortho intramolecular Hbond substituents is 1. The van der Waals surface area contributed by atoms with Crippen molar-refractivity contribution in [3.8, 4) is 39.1 Å². The summed E-state index contributed by atoms with van der Waals surface area (Å²) in [6, 6.07) is 40.7. The standard InChI is InChI=1S/C31H20O/c32-21-10-7-9-20(19-21)22-14-8-18-29-30(22)25-13-3-6-17-28(25)31(29)26-15-4-1-11-23(26)24-12-2-5-16-27(24)31/h1-19,32H. The molecule has 0 fully saturated rings. The van der Waals surface area contributed by atoms with Gasteiger partial charge in [-0.2, -0.15) is 0 Å². The van der Waals surface area contributed by atoms with Crippen LogP contribution in [-0.2, 0) is 5.41 Å². The molecular formula is C31H20O. The predicted molar refractivity (Wildman–Crippen MR) is 130 cm³/mol. The molecule has 1 N–H and O–H groups in total. The van der Waals surface area contributed by atoms with Gasteiger partial charge >= 0.3 is 0 Å². The van der Waals surface area contributed by atoms with Crippen molar-refractivity contribution in [1.29, 1.82) is 0 Å². The molecule has 0 heterocycles. The number of aromatic hydroxyl groups is 1. The minimum atomic E-state index is -0.327. The largest absolute Gasteiger partial charge is 0.508 e. The Labute approximate surface area is 187 Å². The Bertz CT molecular complexity index is 1500. The molecule has 0 bridgehead atoms. The van der Waals surface area contributed by atoms with Crippen molar-refractivity contribution in [1.82, 2.24) is 0 Å². The number of hydrogen-bond acceptors (Lipinski definition) is 1. The van der Waals surface area contributed by atoms with Crippen LogP contribution in [0.5, 0.6) is 5.75 Å². The topological polar surface area (TPSA) is 20.2 Å². The molecule has 0 aliphatic heterocycles. The van der Waals surface area contributed by atoms with Gasteiger partial charge in [0.05, 0.1) is 5.41 Å². The van der Waals surface area contributed by atoms with Crippen LogP contribution in [0.4, 0.5) is 0 Å². The van der Waals surface area contributed by atoms with Gasteiger partial charge in [-0.1, -0.05) is 103 Å². The van der Waals surface area contributed by atoms with Crippen LogP contribution in [0.1, 0.15) is 22.3 Å². The zero-order valence-electron chi connectivity index (χ0n) is 17.4. The zero-order chi connectivity index (χ0) is 21.3. The highest BCUT2D eigenvalue weighted by Crippen LogP contribution is 2.63. The van der Waals surface area contributed by atoms with E-state index in [0.29, 0.717) is 0 Å². The summed E-state index contributed by atoms with van der Waals surface area (Å²) in [6.45, 7) is 0. The Balaban J connectivity index is 1.67. The lowest BCUT2D eigenvalue weighted by molar-refractivity contribution is 0.475. The normalized spacial score (nSPS) is 14.0. The average Bonchev–Trinajstić information content (AvgIpc) is 3.32. The van der Waals surface area contributed by atoms with Gasteiger partial charge in [0.15, 0.2) is 0 Å². The monoisotopic (exact) mass is 408 g/mol. The van der Waals surface area contributed by atoms with Gasteiger partial charge in [-0.15, -0.1) is 0 Å². The summed E-state index contributed by atoms with van der Waals surface area (Å²) in [6.07, 6.45) is 0. The number of fused-ring (bicyclic) bond motifs is 10. The van der Waals surface area contributed by atoms with Gasteiger partial charge in [0, 0.05) is 0 Å². The zero-order valence-corrected chi connectivity index (χ0v) is 17.4. The number of hydrogen-bond donors (Lipinski definition) is 1. The van der Waals surface area contributed by atoms with E-state index in [0.717, 1.165) is 11.1 Å². The maximum atomic E-state index is 10.2. The Kier molecular flexibility index (Phi) is 3.41. The van der Waals surface area contributed by atoms with Gasteiger partial charge in [-0.05, 0) is 67.8 Å². The summed E-state index contributed by atoms with van der Waals surface area (Å²) >= 11 is 0. The molecule has 0 saturated heterocycles. The molecule has 0 saturated carbocycles. The Morgan fingerprint density at radius 2 is 0.938 bits per heavy atom. The fraction of sp³-hybridized carbons (Fsp3) is 0.0323. The molecule has 0 atom stereocenters. The second-order valence-corrected chi connectivity index (χ2v) is 8.67. The van der Waals surface area contributed by atoms with Crippen molar-refractivity contribution in [2.45, 2.75) is 5.41 Å². The van der Waals surface area contributed by atoms with Gasteiger partial charge in [0.1, 0.15) is 5.75 Å². The second kappa shape index (κ2) is 6.21. The summed E-state index contributed by atoms with van der Waals surface area (Å²) in [4.78, 5) is 0. The van der Waals surface area contributed by atoms with Crippen molar-refractivity contribution < 1.29 is 5.11 Å². The van der Waals surface area contributed by atoms with Gasteiger partial charge < -0.3 is 5.11 Å². The highest BCUT2D eigenvalue weighted by Gasteiger charge is 2.51. The van der Waals surface area contributed by atoms with Crippen LogP contribution in [0, 0.1) is 0 Å². The molecule has 1 spiro atoms. The summed E-state index contributed by atoms with van der Waals surface area (Å²) in [5.74, 6) is 0.289. The lowest BCUT2D eigenvalue weighted by Gasteiger charge is -2.30. The SMILES string of the molecule is Oc1cccc(-c2cccc3c2-c2ccccc2C32c3ccccc3-c3ccccc32)c1. The van der Waals surface area contributed by atoms with E-state index in [-0.39, 0.29) is 11.2 Å². The molecular weight excluding hydrogens is 388 g/mol. The molecule has 7 rings (SSSR count). The molecule has 5 aromatic rings. The third kappa shape index (κ3) is 2.03. The fourth-order valence-electron chi connectivity index (χ4n) is 6.06. The van der Waals surface area contributed by atoms with Crippen LogP contribution < -0.4 is 0 Å². The first-order chi connectivity index (χ1) is 15.8. The summed E-state index contributed by atoms with van der Waals surface area (Å²) < 4.78 is 0. The number of benzene rings is 5. The molecule has 2 aliphatic rings. The van der Waals surface area contributed by atoms with Crippen LogP contribution in [0.25, 0.3) is 33.4 Å². The molecule has 1 nitrogen and oxygen atoms in total. The van der Waals surface area contributed by atoms with Crippen LogP contribution in [0.15, 0.2) is 115 Å². The van der Waals surface area contributed by atoms with Crippen LogP contribution in [-0.4, -0.2) is 5.11 Å². The van der Waals surface area contributed by atoms with E-state index in [9.17, 15) is 5.11 Å². The molecule has 0 radical (unpaired) electrons. The summed E-state index contributed by atoms with van der Waals surface area (Å²) in [5, 5.41) is 10.2. The van der Waals surface area contributed by atoms with E-state index >= 15 is 0 Å². The smallest absolute Gasteiger partial charge is 0.116 e. The maximum absolute atomic E-state index is 10.2. The van der Waals surface area contributed by atoms with E-state index in [4.69, 9.17) is 0 Å². The lowest BCUT2D eigenvalue weighted by atomic mass is 9.70. The first-order valence-electron chi connectivity index (χ1n) is 11.0. The van der Waals surface area contributed by atoms with Gasteiger partial charge in [-0.25, -0.2) is 0 Å². The molecule has 0 amide bonds. The maximum Gasteiger partial charge on any atom is 0.116 e. The van der Waals surface area contributed by atoms with Crippen molar-refractivity contribution in [2.75, 3.05) is 0 Å². The van der Waals surface area contributed by atoms with Crippen molar-refractivity contribution in [3.05, 3.63) is 138 Å². The third-order valence-corrected chi connectivity index (χ3v) is 7.18. The molecule has 0 aromatic heterocycles.